The van der Waals surface area contributed by atoms with Gasteiger partial charge in [0.1, 0.15) is 5.76 Å². The summed E-state index contributed by atoms with van der Waals surface area (Å²) in [5, 5.41) is 2.49. The summed E-state index contributed by atoms with van der Waals surface area (Å²) in [5.41, 5.74) is 2.16. The van der Waals surface area contributed by atoms with Gasteiger partial charge in [-0.15, -0.1) is 11.3 Å². The smallest absolute Gasteiger partial charge is 0.260 e. The van der Waals surface area contributed by atoms with Crippen molar-refractivity contribution >= 4 is 22.4 Å². The van der Waals surface area contributed by atoms with Crippen LogP contribution in [0.15, 0.2) is 70.7 Å². The van der Waals surface area contributed by atoms with Crippen molar-refractivity contribution in [3.8, 4) is 28.5 Å². The molecule has 0 saturated carbocycles. The zero-order valence-corrected chi connectivity index (χ0v) is 18.7. The fourth-order valence-corrected chi connectivity index (χ4v) is 4.11. The molecule has 0 fully saturated rings. The van der Waals surface area contributed by atoms with E-state index in [-0.39, 0.29) is 12.5 Å². The minimum Gasteiger partial charge on any atom is -0.493 e. The highest BCUT2D eigenvalue weighted by Gasteiger charge is 2.25. The SMILES string of the molecule is COc1cc(C(=O)N(Cc2ccco2)c2nc(-c3ccccc3)cs2)cc(OC)c1OC. The summed E-state index contributed by atoms with van der Waals surface area (Å²) < 4.78 is 21.7. The first-order chi connectivity index (χ1) is 15.6. The third-order valence-electron chi connectivity index (χ3n) is 4.84. The summed E-state index contributed by atoms with van der Waals surface area (Å²) in [7, 11) is 4.55. The second kappa shape index (κ2) is 9.57. The predicted molar refractivity (Wildman–Crippen MR) is 123 cm³/mol. The maximum atomic E-state index is 13.7. The fraction of sp³-hybridized carbons (Fsp3) is 0.167. The average Bonchev–Trinajstić information content (AvgIpc) is 3.54. The highest BCUT2D eigenvalue weighted by Crippen LogP contribution is 2.39. The van der Waals surface area contributed by atoms with Gasteiger partial charge in [-0.25, -0.2) is 4.98 Å². The van der Waals surface area contributed by atoms with E-state index >= 15 is 0 Å². The quantitative estimate of drug-likeness (QED) is 0.364. The van der Waals surface area contributed by atoms with Crippen molar-refractivity contribution in [2.45, 2.75) is 6.54 Å². The van der Waals surface area contributed by atoms with Crippen molar-refractivity contribution < 1.29 is 23.4 Å². The third kappa shape index (κ3) is 4.31. The summed E-state index contributed by atoms with van der Waals surface area (Å²) in [4.78, 5) is 20.0. The van der Waals surface area contributed by atoms with Crippen LogP contribution in [-0.4, -0.2) is 32.2 Å². The van der Waals surface area contributed by atoms with Gasteiger partial charge in [-0.3, -0.25) is 9.69 Å². The molecule has 4 aromatic rings. The van der Waals surface area contributed by atoms with E-state index in [2.05, 4.69) is 0 Å². The van der Waals surface area contributed by atoms with Crippen LogP contribution in [0.25, 0.3) is 11.3 Å². The Balaban J connectivity index is 1.74. The molecule has 2 heterocycles. The monoisotopic (exact) mass is 450 g/mol. The number of thiazole rings is 1. The molecule has 0 radical (unpaired) electrons. The number of furan rings is 1. The van der Waals surface area contributed by atoms with E-state index in [0.29, 0.717) is 33.7 Å². The number of benzene rings is 2. The van der Waals surface area contributed by atoms with E-state index in [1.807, 2.05) is 41.8 Å². The van der Waals surface area contributed by atoms with Gasteiger partial charge in [-0.1, -0.05) is 30.3 Å². The Morgan fingerprint density at radius 3 is 2.31 bits per heavy atom. The molecule has 0 unspecified atom stereocenters. The number of carbonyl (C=O) groups excluding carboxylic acids is 1. The molecule has 2 aromatic carbocycles. The third-order valence-corrected chi connectivity index (χ3v) is 5.71. The Morgan fingerprint density at radius 1 is 1.00 bits per heavy atom. The zero-order valence-electron chi connectivity index (χ0n) is 17.9. The standard InChI is InChI=1S/C24H22N2O5S/c1-28-20-12-17(13-21(29-2)22(20)30-3)23(27)26(14-18-10-7-11-31-18)24-25-19(15-32-24)16-8-5-4-6-9-16/h4-13,15H,14H2,1-3H3. The number of ether oxygens (including phenoxy) is 3. The summed E-state index contributed by atoms with van der Waals surface area (Å²) >= 11 is 1.39. The van der Waals surface area contributed by atoms with Gasteiger partial charge in [0.25, 0.3) is 5.91 Å². The number of aromatic nitrogens is 1. The Hall–Kier alpha value is -3.78. The van der Waals surface area contributed by atoms with Crippen molar-refractivity contribution in [3.63, 3.8) is 0 Å². The molecular formula is C24H22N2O5S. The minimum absolute atomic E-state index is 0.226. The maximum absolute atomic E-state index is 13.7. The number of anilines is 1. The van der Waals surface area contributed by atoms with Gasteiger partial charge in [-0.05, 0) is 24.3 Å². The summed E-state index contributed by atoms with van der Waals surface area (Å²) in [5.74, 6) is 1.59. The average molecular weight is 451 g/mol. The van der Waals surface area contributed by atoms with E-state index in [1.165, 1.54) is 32.7 Å². The second-order valence-electron chi connectivity index (χ2n) is 6.77. The highest BCUT2D eigenvalue weighted by molar-refractivity contribution is 7.14. The molecule has 4 rings (SSSR count). The van der Waals surface area contributed by atoms with Gasteiger partial charge in [0.15, 0.2) is 16.6 Å². The largest absolute Gasteiger partial charge is 0.493 e. The first kappa shape index (κ1) is 21.5. The zero-order chi connectivity index (χ0) is 22.5. The van der Waals surface area contributed by atoms with Crippen LogP contribution in [0, 0.1) is 0 Å². The van der Waals surface area contributed by atoms with Crippen LogP contribution in [0.1, 0.15) is 16.1 Å². The maximum Gasteiger partial charge on any atom is 0.260 e. The Bertz CT molecular complexity index is 1160. The lowest BCUT2D eigenvalue weighted by Crippen LogP contribution is -2.30. The van der Waals surface area contributed by atoms with Crippen LogP contribution < -0.4 is 19.1 Å². The second-order valence-corrected chi connectivity index (χ2v) is 7.60. The summed E-state index contributed by atoms with van der Waals surface area (Å²) in [6, 6.07) is 16.7. The Kier molecular flexibility index (Phi) is 6.42. The van der Waals surface area contributed by atoms with E-state index in [4.69, 9.17) is 23.6 Å². The number of hydrogen-bond acceptors (Lipinski definition) is 7. The van der Waals surface area contributed by atoms with Gasteiger partial charge >= 0.3 is 0 Å². The molecule has 0 bridgehead atoms. The highest BCUT2D eigenvalue weighted by atomic mass is 32.1. The summed E-state index contributed by atoms with van der Waals surface area (Å²) in [6.45, 7) is 0.226. The molecule has 0 aliphatic heterocycles. The van der Waals surface area contributed by atoms with Crippen LogP contribution in [-0.2, 0) is 6.54 Å². The van der Waals surface area contributed by atoms with Crippen LogP contribution in [0.5, 0.6) is 17.2 Å². The predicted octanol–water partition coefficient (Wildman–Crippen LogP) is 5.28. The molecule has 2 aromatic heterocycles. The lowest BCUT2D eigenvalue weighted by atomic mass is 10.1. The molecule has 8 heteroatoms. The molecule has 1 amide bonds. The molecule has 0 saturated heterocycles. The molecule has 0 spiro atoms. The molecule has 0 atom stereocenters. The number of carbonyl (C=O) groups is 1. The van der Waals surface area contributed by atoms with E-state index < -0.39 is 0 Å². The molecule has 0 aliphatic rings. The first-order valence-electron chi connectivity index (χ1n) is 9.79. The molecule has 164 valence electrons. The lowest BCUT2D eigenvalue weighted by molar-refractivity contribution is 0.0982. The number of hydrogen-bond donors (Lipinski definition) is 0. The minimum atomic E-state index is -0.269. The Morgan fingerprint density at radius 2 is 1.72 bits per heavy atom. The van der Waals surface area contributed by atoms with Crippen molar-refractivity contribution in [2.75, 3.05) is 26.2 Å². The van der Waals surface area contributed by atoms with Crippen molar-refractivity contribution in [1.82, 2.24) is 4.98 Å². The first-order valence-corrected chi connectivity index (χ1v) is 10.7. The number of nitrogens with zero attached hydrogens (tertiary/aromatic N) is 2. The van der Waals surface area contributed by atoms with Crippen LogP contribution in [0.3, 0.4) is 0 Å². The fourth-order valence-electron chi connectivity index (χ4n) is 3.27. The number of methoxy groups -OCH3 is 3. The molecule has 7 nitrogen and oxygen atoms in total. The van der Waals surface area contributed by atoms with Gasteiger partial charge in [0.2, 0.25) is 5.75 Å². The van der Waals surface area contributed by atoms with Crippen molar-refractivity contribution in [1.29, 1.82) is 0 Å². The number of rotatable bonds is 8. The van der Waals surface area contributed by atoms with Crippen molar-refractivity contribution in [3.05, 3.63) is 77.6 Å². The lowest BCUT2D eigenvalue weighted by Gasteiger charge is -2.20. The van der Waals surface area contributed by atoms with Gasteiger partial charge in [-0.2, -0.15) is 0 Å². The van der Waals surface area contributed by atoms with E-state index in [1.54, 1.807) is 29.4 Å². The molecule has 0 aliphatic carbocycles. The van der Waals surface area contributed by atoms with Gasteiger partial charge in [0, 0.05) is 16.5 Å². The van der Waals surface area contributed by atoms with Gasteiger partial charge in [0.05, 0.1) is 39.8 Å². The van der Waals surface area contributed by atoms with Crippen LogP contribution in [0.2, 0.25) is 0 Å². The molecule has 0 N–H and O–H groups in total. The van der Waals surface area contributed by atoms with Gasteiger partial charge < -0.3 is 18.6 Å². The van der Waals surface area contributed by atoms with E-state index in [0.717, 1.165) is 11.3 Å². The molecular weight excluding hydrogens is 428 g/mol. The Labute approximate surface area is 189 Å². The topological polar surface area (TPSA) is 74.0 Å². The van der Waals surface area contributed by atoms with Crippen molar-refractivity contribution in [2.24, 2.45) is 0 Å². The summed E-state index contributed by atoms with van der Waals surface area (Å²) in [6.07, 6.45) is 1.58. The number of amides is 1. The van der Waals surface area contributed by atoms with E-state index in [9.17, 15) is 4.79 Å². The molecule has 32 heavy (non-hydrogen) atoms. The normalized spacial score (nSPS) is 10.6. The van der Waals surface area contributed by atoms with Crippen LogP contribution >= 0.6 is 11.3 Å². The van der Waals surface area contributed by atoms with Crippen LogP contribution in [0.4, 0.5) is 5.13 Å².